The lowest BCUT2D eigenvalue weighted by Crippen LogP contribution is -2.33. The summed E-state index contributed by atoms with van der Waals surface area (Å²) in [5.74, 6) is 0.824. The minimum atomic E-state index is 0. The van der Waals surface area contributed by atoms with Gasteiger partial charge in [0.1, 0.15) is 0 Å². The summed E-state index contributed by atoms with van der Waals surface area (Å²) in [5.41, 5.74) is 6.01. The van der Waals surface area contributed by atoms with E-state index in [1.165, 1.54) is 12.8 Å². The molecule has 4 heteroatoms. The average Bonchev–Trinajstić information content (AvgIpc) is 2.92. The maximum atomic E-state index is 11.5. The Morgan fingerprint density at radius 1 is 1.38 bits per heavy atom. The molecular formula is C12H25ClN2O. The van der Waals surface area contributed by atoms with Crippen LogP contribution in [0.1, 0.15) is 46.5 Å². The Labute approximate surface area is 105 Å². The van der Waals surface area contributed by atoms with E-state index in [0.717, 1.165) is 13.0 Å². The van der Waals surface area contributed by atoms with E-state index in [1.807, 2.05) is 6.92 Å². The van der Waals surface area contributed by atoms with Crippen LogP contribution in [0.2, 0.25) is 0 Å². The highest BCUT2D eigenvalue weighted by molar-refractivity contribution is 5.85. The highest BCUT2D eigenvalue weighted by Crippen LogP contribution is 2.51. The Bertz CT molecular complexity index is 225. The fourth-order valence-electron chi connectivity index (χ4n) is 1.84. The van der Waals surface area contributed by atoms with E-state index in [0.29, 0.717) is 17.8 Å². The topological polar surface area (TPSA) is 55.1 Å². The molecule has 1 aliphatic carbocycles. The summed E-state index contributed by atoms with van der Waals surface area (Å²) in [6.45, 7) is 7.26. The quantitative estimate of drug-likeness (QED) is 0.756. The zero-order valence-corrected chi connectivity index (χ0v) is 11.4. The number of nitrogens with one attached hydrogen (secondary N) is 1. The summed E-state index contributed by atoms with van der Waals surface area (Å²) in [7, 11) is 0. The van der Waals surface area contributed by atoms with E-state index < -0.39 is 0 Å². The van der Waals surface area contributed by atoms with Gasteiger partial charge in [-0.15, -0.1) is 12.4 Å². The molecule has 0 heterocycles. The molecule has 1 rings (SSSR count). The van der Waals surface area contributed by atoms with E-state index >= 15 is 0 Å². The Kier molecular flexibility index (Phi) is 6.34. The van der Waals surface area contributed by atoms with E-state index in [9.17, 15) is 4.79 Å². The van der Waals surface area contributed by atoms with Crippen molar-refractivity contribution in [3.63, 3.8) is 0 Å². The monoisotopic (exact) mass is 248 g/mol. The second kappa shape index (κ2) is 6.45. The van der Waals surface area contributed by atoms with E-state index in [1.54, 1.807) is 0 Å². The molecule has 1 amide bonds. The molecule has 0 aliphatic heterocycles. The molecule has 1 unspecified atom stereocenters. The largest absolute Gasteiger partial charge is 0.356 e. The zero-order chi connectivity index (χ0) is 11.5. The summed E-state index contributed by atoms with van der Waals surface area (Å²) in [4.78, 5) is 11.5. The van der Waals surface area contributed by atoms with Gasteiger partial charge in [-0.05, 0) is 37.5 Å². The van der Waals surface area contributed by atoms with Crippen molar-refractivity contribution in [1.29, 1.82) is 0 Å². The van der Waals surface area contributed by atoms with Crippen molar-refractivity contribution in [1.82, 2.24) is 5.32 Å². The van der Waals surface area contributed by atoms with Gasteiger partial charge in [-0.25, -0.2) is 0 Å². The van der Waals surface area contributed by atoms with Crippen molar-refractivity contribution in [3.8, 4) is 0 Å². The van der Waals surface area contributed by atoms with Crippen molar-refractivity contribution in [2.75, 3.05) is 6.54 Å². The smallest absolute Gasteiger partial charge is 0.220 e. The molecule has 1 atom stereocenters. The SMILES string of the molecule is CC(N)CCC(=O)NCC1(C(C)C)CC1.Cl. The van der Waals surface area contributed by atoms with Crippen LogP contribution in [-0.4, -0.2) is 18.5 Å². The number of amides is 1. The molecule has 1 saturated carbocycles. The molecule has 3 N–H and O–H groups in total. The van der Waals surface area contributed by atoms with E-state index in [-0.39, 0.29) is 24.4 Å². The summed E-state index contributed by atoms with van der Waals surface area (Å²) in [6.07, 6.45) is 3.86. The zero-order valence-electron chi connectivity index (χ0n) is 10.6. The summed E-state index contributed by atoms with van der Waals surface area (Å²) < 4.78 is 0. The maximum absolute atomic E-state index is 11.5. The van der Waals surface area contributed by atoms with Crippen molar-refractivity contribution in [2.45, 2.75) is 52.5 Å². The van der Waals surface area contributed by atoms with Crippen LogP contribution >= 0.6 is 12.4 Å². The van der Waals surface area contributed by atoms with Crippen LogP contribution in [0.4, 0.5) is 0 Å². The highest BCUT2D eigenvalue weighted by Gasteiger charge is 2.45. The molecule has 1 fully saturated rings. The molecular weight excluding hydrogens is 224 g/mol. The first kappa shape index (κ1) is 15.7. The predicted molar refractivity (Wildman–Crippen MR) is 69.6 cm³/mol. The number of carbonyl (C=O) groups is 1. The van der Waals surface area contributed by atoms with Crippen LogP contribution in [0, 0.1) is 11.3 Å². The number of halogens is 1. The molecule has 1 aliphatic rings. The van der Waals surface area contributed by atoms with Gasteiger partial charge >= 0.3 is 0 Å². The Hall–Kier alpha value is -0.280. The van der Waals surface area contributed by atoms with Gasteiger partial charge < -0.3 is 11.1 Å². The van der Waals surface area contributed by atoms with E-state index in [4.69, 9.17) is 5.73 Å². The first-order valence-electron chi connectivity index (χ1n) is 5.98. The van der Waals surface area contributed by atoms with E-state index in [2.05, 4.69) is 19.2 Å². The fourth-order valence-corrected chi connectivity index (χ4v) is 1.84. The van der Waals surface area contributed by atoms with Crippen LogP contribution in [0.15, 0.2) is 0 Å². The minimum absolute atomic E-state index is 0. The molecule has 96 valence electrons. The normalized spacial score (nSPS) is 18.8. The molecule has 0 aromatic carbocycles. The maximum Gasteiger partial charge on any atom is 0.220 e. The number of carbonyl (C=O) groups excluding carboxylic acids is 1. The molecule has 0 spiro atoms. The van der Waals surface area contributed by atoms with Gasteiger partial charge in [-0.2, -0.15) is 0 Å². The number of hydrogen-bond donors (Lipinski definition) is 2. The predicted octanol–water partition coefficient (Wildman–Crippen LogP) is 2.09. The number of hydrogen-bond acceptors (Lipinski definition) is 2. The van der Waals surface area contributed by atoms with Crippen LogP contribution in [0.25, 0.3) is 0 Å². The molecule has 3 nitrogen and oxygen atoms in total. The van der Waals surface area contributed by atoms with Gasteiger partial charge in [0.25, 0.3) is 0 Å². The third kappa shape index (κ3) is 4.71. The van der Waals surface area contributed by atoms with Gasteiger partial charge in [0.05, 0.1) is 0 Å². The molecule has 0 bridgehead atoms. The van der Waals surface area contributed by atoms with Gasteiger partial charge in [0.15, 0.2) is 0 Å². The standard InChI is InChI=1S/C12H24N2O.ClH/c1-9(2)12(6-7-12)8-14-11(15)5-4-10(3)13;/h9-10H,4-8,13H2,1-3H3,(H,14,15);1H. The lowest BCUT2D eigenvalue weighted by Gasteiger charge is -2.20. The second-order valence-corrected chi connectivity index (χ2v) is 5.31. The Balaban J connectivity index is 0.00000225. The number of nitrogens with two attached hydrogens (primary N) is 1. The molecule has 0 saturated heterocycles. The summed E-state index contributed by atoms with van der Waals surface area (Å²) in [6, 6.07) is 0.121. The molecule has 0 radical (unpaired) electrons. The molecule has 0 aromatic heterocycles. The van der Waals surface area contributed by atoms with Crippen LogP contribution in [0.3, 0.4) is 0 Å². The Morgan fingerprint density at radius 2 is 1.94 bits per heavy atom. The first-order valence-corrected chi connectivity index (χ1v) is 5.98. The average molecular weight is 249 g/mol. The Morgan fingerprint density at radius 3 is 2.31 bits per heavy atom. The second-order valence-electron chi connectivity index (χ2n) is 5.31. The van der Waals surface area contributed by atoms with Gasteiger partial charge in [0, 0.05) is 19.0 Å². The molecule has 0 aromatic rings. The lowest BCUT2D eigenvalue weighted by molar-refractivity contribution is -0.121. The molecule has 16 heavy (non-hydrogen) atoms. The van der Waals surface area contributed by atoms with Crippen molar-refractivity contribution >= 4 is 18.3 Å². The third-order valence-corrected chi connectivity index (χ3v) is 3.58. The van der Waals surface area contributed by atoms with Crippen LogP contribution < -0.4 is 11.1 Å². The summed E-state index contributed by atoms with van der Waals surface area (Å²) >= 11 is 0. The van der Waals surface area contributed by atoms with Crippen LogP contribution in [-0.2, 0) is 4.79 Å². The minimum Gasteiger partial charge on any atom is -0.356 e. The van der Waals surface area contributed by atoms with Gasteiger partial charge in [0.2, 0.25) is 5.91 Å². The van der Waals surface area contributed by atoms with Crippen molar-refractivity contribution < 1.29 is 4.79 Å². The fraction of sp³-hybridized carbons (Fsp3) is 0.917. The van der Waals surface area contributed by atoms with Gasteiger partial charge in [-0.3, -0.25) is 4.79 Å². The first-order chi connectivity index (χ1) is 6.96. The van der Waals surface area contributed by atoms with Crippen LogP contribution in [0.5, 0.6) is 0 Å². The number of rotatable bonds is 6. The highest BCUT2D eigenvalue weighted by atomic mass is 35.5. The third-order valence-electron chi connectivity index (χ3n) is 3.58. The van der Waals surface area contributed by atoms with Crippen molar-refractivity contribution in [2.24, 2.45) is 17.1 Å². The lowest BCUT2D eigenvalue weighted by atomic mass is 9.92. The van der Waals surface area contributed by atoms with Gasteiger partial charge in [-0.1, -0.05) is 13.8 Å². The van der Waals surface area contributed by atoms with Crippen molar-refractivity contribution in [3.05, 3.63) is 0 Å². The summed E-state index contributed by atoms with van der Waals surface area (Å²) in [5, 5.41) is 3.03.